The van der Waals surface area contributed by atoms with Gasteiger partial charge in [0.1, 0.15) is 0 Å². The second-order valence-electron chi connectivity index (χ2n) is 15.1. The Labute approximate surface area is 367 Å². The van der Waals surface area contributed by atoms with E-state index in [0.717, 1.165) is 25.7 Å². The molecule has 6 aliphatic rings. The van der Waals surface area contributed by atoms with Gasteiger partial charge in [-0.3, -0.25) is 0 Å². The number of allylic oxidation sites excluding steroid dienone is 8. The van der Waals surface area contributed by atoms with E-state index in [0.29, 0.717) is 0 Å². The molecule has 4 aromatic rings. The van der Waals surface area contributed by atoms with Crippen molar-refractivity contribution in [2.75, 3.05) is 0 Å². The third kappa shape index (κ3) is 10.7. The molecule has 0 saturated heterocycles. The van der Waals surface area contributed by atoms with Gasteiger partial charge in [-0.05, 0) is 50.7 Å². The van der Waals surface area contributed by atoms with Crippen molar-refractivity contribution in [1.82, 2.24) is 0 Å². The molecule has 0 N–H and O–H groups in total. The fourth-order valence-corrected chi connectivity index (χ4v) is 10.0. The second kappa shape index (κ2) is 20.9. The van der Waals surface area contributed by atoms with Gasteiger partial charge in [-0.1, -0.05) is 106 Å². The number of rotatable bonds is 2. The molecule has 0 aromatic heterocycles. The molecule has 4 aromatic carbocycles. The normalized spacial score (nSPS) is 17.0. The monoisotopic (exact) mass is 900 g/mol. The first-order chi connectivity index (χ1) is 25.4. The molecule has 0 nitrogen and oxygen atoms in total. The summed E-state index contributed by atoms with van der Waals surface area (Å²) in [7, 11) is 0. The molecule has 0 bridgehead atoms. The summed E-state index contributed by atoms with van der Waals surface area (Å²) >= 11 is 3.38. The third-order valence-electron chi connectivity index (χ3n) is 11.3. The van der Waals surface area contributed by atoms with Gasteiger partial charge in [-0.15, -0.1) is 69.8 Å². The van der Waals surface area contributed by atoms with Gasteiger partial charge in [0.05, 0.1) is 0 Å². The third-order valence-corrected chi connectivity index (χ3v) is 13.8. The molecule has 0 unspecified atom stereocenters. The quantitative estimate of drug-likeness (QED) is 0.166. The average Bonchev–Trinajstić information content (AvgIpc) is 3.97. The fourth-order valence-electron chi connectivity index (χ4n) is 8.30. The first-order valence-corrected chi connectivity index (χ1v) is 22.0. The van der Waals surface area contributed by atoms with Gasteiger partial charge in [-0.25, -0.2) is 0 Å². The van der Waals surface area contributed by atoms with Crippen molar-refractivity contribution in [3.05, 3.63) is 154 Å². The van der Waals surface area contributed by atoms with Crippen LogP contribution >= 0.6 is 0 Å². The van der Waals surface area contributed by atoms with Crippen LogP contribution in [0.1, 0.15) is 124 Å². The van der Waals surface area contributed by atoms with Gasteiger partial charge in [0.2, 0.25) is 0 Å². The van der Waals surface area contributed by atoms with Crippen LogP contribution in [-0.4, -0.2) is 6.41 Å². The molecule has 0 atom stereocenters. The molecule has 0 heterocycles. The molecule has 0 amide bonds. The van der Waals surface area contributed by atoms with Crippen LogP contribution in [0.15, 0.2) is 108 Å². The molecule has 0 radical (unpaired) electrons. The summed E-state index contributed by atoms with van der Waals surface area (Å²) in [5.74, 6) is 0. The molecule has 4 heteroatoms. The molecule has 0 spiro atoms. The van der Waals surface area contributed by atoms with Crippen molar-refractivity contribution in [2.24, 2.45) is 0 Å². The van der Waals surface area contributed by atoms with E-state index >= 15 is 0 Å². The molecule has 6 aliphatic carbocycles. The van der Waals surface area contributed by atoms with Gasteiger partial charge < -0.3 is 24.8 Å². The van der Waals surface area contributed by atoms with Gasteiger partial charge in [-0.2, -0.15) is 0 Å². The Kier molecular flexibility index (Phi) is 16.7. The molecule has 10 rings (SSSR count). The van der Waals surface area contributed by atoms with Crippen LogP contribution in [0.5, 0.6) is 0 Å². The summed E-state index contributed by atoms with van der Waals surface area (Å²) < 4.78 is 3.61. The SMILES string of the molecule is CC1=C(c2[c-]c3c(cc2)-c2ccccc2C3)CC=C1.CC1=C(c2[c-]c3c(cc2)-c2ccccc2C3)CC=C1.[Cl-].[Cl-].[Zr]=[C]1CCCCC1.[Zr]=[C]1CCCCC1. The molecule has 54 heavy (non-hydrogen) atoms. The average molecular weight is 904 g/mol. The van der Waals surface area contributed by atoms with Crippen LogP contribution in [0.25, 0.3) is 33.4 Å². The number of halogens is 2. The van der Waals surface area contributed by atoms with Crippen LogP contribution in [0.4, 0.5) is 0 Å². The van der Waals surface area contributed by atoms with E-state index in [1.54, 1.807) is 54.9 Å². The number of benzene rings is 4. The first kappa shape index (κ1) is 43.1. The molecular weight excluding hydrogens is 854 g/mol. The van der Waals surface area contributed by atoms with Crippen LogP contribution in [0, 0.1) is 12.1 Å². The Morgan fingerprint density at radius 1 is 0.463 bits per heavy atom. The zero-order valence-corrected chi connectivity index (χ0v) is 38.3. The van der Waals surface area contributed by atoms with Crippen molar-refractivity contribution in [3.63, 3.8) is 0 Å². The van der Waals surface area contributed by atoms with Gasteiger partial charge in [0.15, 0.2) is 0 Å². The van der Waals surface area contributed by atoms with Crippen LogP contribution in [0.3, 0.4) is 0 Å². The summed E-state index contributed by atoms with van der Waals surface area (Å²) in [6.07, 6.45) is 27.7. The standard InChI is InChI=1S/2C19H15.2C6H10.2ClH.2Zr/c2*1-13-5-4-8-17(13)15-9-10-19-16(12-15)11-14-6-2-3-7-18(14)19;2*1-2-4-6-5-3-1;;;;/h2*2-7,9-10H,8,11H2,1H3;2*1-5H2;2*1H;;/q2*-1;;;;;;/p-2. The van der Waals surface area contributed by atoms with E-state index in [9.17, 15) is 0 Å². The van der Waals surface area contributed by atoms with Crippen molar-refractivity contribution in [2.45, 2.75) is 104 Å². The second-order valence-corrected chi connectivity index (χ2v) is 18.5. The van der Waals surface area contributed by atoms with E-state index in [-0.39, 0.29) is 24.8 Å². The van der Waals surface area contributed by atoms with E-state index in [4.69, 9.17) is 0 Å². The van der Waals surface area contributed by atoms with Crippen molar-refractivity contribution >= 4 is 17.6 Å². The molecular formula is C50H50Cl2Zr2-4. The number of fused-ring (bicyclic) bond motifs is 6. The minimum atomic E-state index is 0. The van der Waals surface area contributed by atoms with Gasteiger partial charge in [0.25, 0.3) is 0 Å². The van der Waals surface area contributed by atoms with Crippen molar-refractivity contribution < 1.29 is 73.3 Å². The Morgan fingerprint density at radius 2 is 0.852 bits per heavy atom. The molecule has 2 fully saturated rings. The van der Waals surface area contributed by atoms with Crippen molar-refractivity contribution in [1.29, 1.82) is 0 Å². The van der Waals surface area contributed by atoms with Crippen molar-refractivity contribution in [3.8, 4) is 22.3 Å². The Bertz CT molecular complexity index is 1940. The predicted molar refractivity (Wildman–Crippen MR) is 216 cm³/mol. The minimum absolute atomic E-state index is 0. The number of hydrogen-bond donors (Lipinski definition) is 0. The summed E-state index contributed by atoms with van der Waals surface area (Å²) in [6, 6.07) is 33.7. The predicted octanol–water partition coefficient (Wildman–Crippen LogP) is 6.93. The van der Waals surface area contributed by atoms with Gasteiger partial charge >= 0.3 is 119 Å². The fraction of sp³-hybridized carbons (Fsp3) is 0.320. The maximum atomic E-state index is 3.65. The van der Waals surface area contributed by atoms with E-state index in [1.807, 2.05) is 0 Å². The van der Waals surface area contributed by atoms with Gasteiger partial charge in [0, 0.05) is 0 Å². The van der Waals surface area contributed by atoms with Crippen LogP contribution in [0.2, 0.25) is 0 Å². The summed E-state index contributed by atoms with van der Waals surface area (Å²) in [5, 5.41) is 0. The van der Waals surface area contributed by atoms with Crippen LogP contribution < -0.4 is 24.8 Å². The Balaban J connectivity index is 0.000000150. The topological polar surface area (TPSA) is 0 Å². The Morgan fingerprint density at radius 3 is 1.19 bits per heavy atom. The van der Waals surface area contributed by atoms with E-state index < -0.39 is 0 Å². The summed E-state index contributed by atoms with van der Waals surface area (Å²) in [6.45, 7) is 4.38. The molecule has 2 saturated carbocycles. The molecule has 0 aliphatic heterocycles. The molecule has 276 valence electrons. The van der Waals surface area contributed by atoms with Crippen LogP contribution in [-0.2, 0) is 61.3 Å². The first-order valence-electron chi connectivity index (χ1n) is 19.6. The van der Waals surface area contributed by atoms with E-state index in [2.05, 4.69) is 123 Å². The number of hydrogen-bond acceptors (Lipinski definition) is 0. The zero-order chi connectivity index (χ0) is 35.9. The maximum absolute atomic E-state index is 3.65. The zero-order valence-electron chi connectivity index (χ0n) is 31.9. The summed E-state index contributed by atoms with van der Waals surface area (Å²) in [5.41, 5.74) is 19.2. The summed E-state index contributed by atoms with van der Waals surface area (Å²) in [4.78, 5) is 0. The van der Waals surface area contributed by atoms with E-state index in [1.165, 1.54) is 142 Å². The Hall–Kier alpha value is -2.07.